The monoisotopic (exact) mass is 220 g/mol. The summed E-state index contributed by atoms with van der Waals surface area (Å²) in [5.74, 6) is 0. The van der Waals surface area contributed by atoms with E-state index in [1.807, 2.05) is 20.8 Å². The van der Waals surface area contributed by atoms with Gasteiger partial charge in [-0.25, -0.2) is 0 Å². The first-order chi connectivity index (χ1) is 6.59. The molecule has 0 fully saturated rings. The number of aryl methyl sites for hydroxylation is 1. The summed E-state index contributed by atoms with van der Waals surface area (Å²) in [5.41, 5.74) is 0.697. The van der Waals surface area contributed by atoms with E-state index in [9.17, 15) is 13.2 Å². The second kappa shape index (κ2) is 3.54. The van der Waals surface area contributed by atoms with Crippen LogP contribution in [-0.4, -0.2) is 16.0 Å². The summed E-state index contributed by atoms with van der Waals surface area (Å²) in [6.45, 7) is 5.84. The zero-order valence-corrected chi connectivity index (χ0v) is 9.31. The molecule has 0 aromatic carbocycles. The summed E-state index contributed by atoms with van der Waals surface area (Å²) in [6.07, 6.45) is -5.15. The largest absolute Gasteiger partial charge is 0.394 e. The van der Waals surface area contributed by atoms with Crippen molar-refractivity contribution in [3.8, 4) is 0 Å². The molecule has 0 N–H and O–H groups in total. The third-order valence-electron chi connectivity index (χ3n) is 2.08. The standard InChI is InChI=1S/C10H15F3N2/c1-9(2,3)8-5-7(14-15(8)4)6-10(11,12)13/h5H,6H2,1-4H3. The van der Waals surface area contributed by atoms with Crippen LogP contribution in [0.4, 0.5) is 13.2 Å². The molecule has 0 spiro atoms. The summed E-state index contributed by atoms with van der Waals surface area (Å²) in [5, 5.41) is 3.86. The molecule has 0 saturated carbocycles. The number of aromatic nitrogens is 2. The normalized spacial score (nSPS) is 13.3. The second-order valence-corrected chi connectivity index (χ2v) is 4.69. The van der Waals surface area contributed by atoms with Crippen LogP contribution in [0.15, 0.2) is 6.07 Å². The molecule has 0 aliphatic heterocycles. The van der Waals surface area contributed by atoms with E-state index in [1.54, 1.807) is 7.05 Å². The van der Waals surface area contributed by atoms with Crippen molar-refractivity contribution in [2.75, 3.05) is 0 Å². The van der Waals surface area contributed by atoms with Gasteiger partial charge >= 0.3 is 6.18 Å². The molecule has 0 saturated heterocycles. The Bertz CT molecular complexity index is 345. The molecule has 2 nitrogen and oxygen atoms in total. The van der Waals surface area contributed by atoms with Crippen LogP contribution >= 0.6 is 0 Å². The molecular weight excluding hydrogens is 205 g/mol. The van der Waals surface area contributed by atoms with Crippen molar-refractivity contribution in [1.82, 2.24) is 9.78 Å². The van der Waals surface area contributed by atoms with Gasteiger partial charge in [0, 0.05) is 18.2 Å². The predicted octanol–water partition coefficient (Wildman–Crippen LogP) is 2.82. The fourth-order valence-corrected chi connectivity index (χ4v) is 1.52. The van der Waals surface area contributed by atoms with Crippen molar-refractivity contribution in [3.63, 3.8) is 0 Å². The van der Waals surface area contributed by atoms with Gasteiger partial charge in [0.1, 0.15) is 0 Å². The molecule has 0 radical (unpaired) electrons. The van der Waals surface area contributed by atoms with Gasteiger partial charge in [-0.15, -0.1) is 0 Å². The van der Waals surface area contributed by atoms with Crippen molar-refractivity contribution in [3.05, 3.63) is 17.5 Å². The molecule has 1 heterocycles. The van der Waals surface area contributed by atoms with Gasteiger partial charge in [0.15, 0.2) is 0 Å². The minimum atomic E-state index is -4.19. The zero-order chi connectivity index (χ0) is 11.9. The van der Waals surface area contributed by atoms with Gasteiger partial charge in [0.2, 0.25) is 0 Å². The Morgan fingerprint density at radius 2 is 1.80 bits per heavy atom. The quantitative estimate of drug-likeness (QED) is 0.711. The average Bonchev–Trinajstić information content (AvgIpc) is 2.25. The van der Waals surface area contributed by atoms with Gasteiger partial charge in [-0.2, -0.15) is 18.3 Å². The fourth-order valence-electron chi connectivity index (χ4n) is 1.52. The molecular formula is C10H15F3N2. The predicted molar refractivity (Wildman–Crippen MR) is 51.7 cm³/mol. The zero-order valence-electron chi connectivity index (χ0n) is 9.31. The summed E-state index contributed by atoms with van der Waals surface area (Å²) >= 11 is 0. The Balaban J connectivity index is 2.97. The summed E-state index contributed by atoms with van der Waals surface area (Å²) < 4.78 is 37.9. The Kier molecular flexibility index (Phi) is 2.85. The van der Waals surface area contributed by atoms with Crippen molar-refractivity contribution in [1.29, 1.82) is 0 Å². The Morgan fingerprint density at radius 1 is 1.27 bits per heavy atom. The third-order valence-corrected chi connectivity index (χ3v) is 2.08. The lowest BCUT2D eigenvalue weighted by Crippen LogP contribution is -2.16. The van der Waals surface area contributed by atoms with E-state index in [0.29, 0.717) is 0 Å². The van der Waals surface area contributed by atoms with Gasteiger partial charge in [-0.3, -0.25) is 4.68 Å². The van der Waals surface area contributed by atoms with E-state index >= 15 is 0 Å². The van der Waals surface area contributed by atoms with Gasteiger partial charge in [0.05, 0.1) is 12.1 Å². The highest BCUT2D eigenvalue weighted by Crippen LogP contribution is 2.25. The van der Waals surface area contributed by atoms with Crippen molar-refractivity contribution >= 4 is 0 Å². The second-order valence-electron chi connectivity index (χ2n) is 4.69. The van der Waals surface area contributed by atoms with Crippen LogP contribution in [0.2, 0.25) is 0 Å². The molecule has 15 heavy (non-hydrogen) atoms. The maximum Gasteiger partial charge on any atom is 0.394 e. The van der Waals surface area contributed by atoms with Crippen LogP contribution in [0.25, 0.3) is 0 Å². The summed E-state index contributed by atoms with van der Waals surface area (Å²) in [4.78, 5) is 0. The van der Waals surface area contributed by atoms with Crippen LogP contribution in [0.3, 0.4) is 0 Å². The molecule has 1 rings (SSSR count). The van der Waals surface area contributed by atoms with Crippen molar-refractivity contribution in [2.45, 2.75) is 38.8 Å². The summed E-state index contributed by atoms with van der Waals surface area (Å²) in [7, 11) is 1.67. The summed E-state index contributed by atoms with van der Waals surface area (Å²) in [6, 6.07) is 1.52. The number of hydrogen-bond acceptors (Lipinski definition) is 1. The van der Waals surface area contributed by atoms with Crippen LogP contribution in [0.1, 0.15) is 32.2 Å². The van der Waals surface area contributed by atoms with Crippen LogP contribution in [0.5, 0.6) is 0 Å². The first-order valence-electron chi connectivity index (χ1n) is 4.70. The van der Waals surface area contributed by atoms with Crippen LogP contribution in [0, 0.1) is 0 Å². The van der Waals surface area contributed by atoms with Crippen molar-refractivity contribution < 1.29 is 13.2 Å². The van der Waals surface area contributed by atoms with E-state index in [4.69, 9.17) is 0 Å². The van der Waals surface area contributed by atoms with Gasteiger partial charge < -0.3 is 0 Å². The molecule has 1 aromatic heterocycles. The maximum absolute atomic E-state index is 12.1. The van der Waals surface area contributed by atoms with Crippen LogP contribution in [-0.2, 0) is 18.9 Å². The smallest absolute Gasteiger partial charge is 0.272 e. The molecule has 0 bridgehead atoms. The number of alkyl halides is 3. The highest BCUT2D eigenvalue weighted by atomic mass is 19.4. The number of rotatable bonds is 1. The fraction of sp³-hybridized carbons (Fsp3) is 0.700. The lowest BCUT2D eigenvalue weighted by atomic mass is 9.92. The molecule has 0 aliphatic carbocycles. The molecule has 5 heteroatoms. The number of halogens is 3. The molecule has 0 unspecified atom stereocenters. The maximum atomic E-state index is 12.1. The average molecular weight is 220 g/mol. The molecule has 1 aromatic rings. The molecule has 0 amide bonds. The Morgan fingerprint density at radius 3 is 2.13 bits per heavy atom. The van der Waals surface area contributed by atoms with E-state index in [2.05, 4.69) is 5.10 Å². The Labute approximate surface area is 87.1 Å². The number of nitrogens with zero attached hydrogens (tertiary/aromatic N) is 2. The van der Waals surface area contributed by atoms with E-state index in [-0.39, 0.29) is 11.1 Å². The highest BCUT2D eigenvalue weighted by molar-refractivity contribution is 5.18. The van der Waals surface area contributed by atoms with Gasteiger partial charge in [-0.05, 0) is 6.07 Å². The van der Waals surface area contributed by atoms with E-state index in [1.165, 1.54) is 10.7 Å². The van der Waals surface area contributed by atoms with E-state index < -0.39 is 12.6 Å². The highest BCUT2D eigenvalue weighted by Gasteiger charge is 2.30. The first-order valence-corrected chi connectivity index (χ1v) is 4.70. The number of hydrogen-bond donors (Lipinski definition) is 0. The topological polar surface area (TPSA) is 17.8 Å². The molecule has 0 aliphatic rings. The van der Waals surface area contributed by atoms with Crippen molar-refractivity contribution in [2.24, 2.45) is 7.05 Å². The Hall–Kier alpha value is -1.00. The minimum absolute atomic E-state index is 0.0786. The lowest BCUT2D eigenvalue weighted by Gasteiger charge is -2.17. The third kappa shape index (κ3) is 3.25. The SMILES string of the molecule is Cn1nc(CC(F)(F)F)cc1C(C)(C)C. The minimum Gasteiger partial charge on any atom is -0.272 e. The van der Waals surface area contributed by atoms with E-state index in [0.717, 1.165) is 5.69 Å². The van der Waals surface area contributed by atoms with Crippen LogP contribution < -0.4 is 0 Å². The van der Waals surface area contributed by atoms with Gasteiger partial charge in [0.25, 0.3) is 0 Å². The molecule has 0 atom stereocenters. The first kappa shape index (κ1) is 12.1. The lowest BCUT2D eigenvalue weighted by molar-refractivity contribution is -0.127. The molecule has 86 valence electrons. The van der Waals surface area contributed by atoms with Gasteiger partial charge in [-0.1, -0.05) is 20.8 Å².